The zero-order valence-electron chi connectivity index (χ0n) is 12.6. The molecule has 1 heterocycles. The average Bonchev–Trinajstić information content (AvgIpc) is 2.47. The van der Waals surface area contributed by atoms with Gasteiger partial charge in [0.2, 0.25) is 0 Å². The summed E-state index contributed by atoms with van der Waals surface area (Å²) in [7, 11) is 1.99. The minimum absolute atomic E-state index is 0.0791. The van der Waals surface area contributed by atoms with Crippen molar-refractivity contribution in [3.05, 3.63) is 29.8 Å². The topological polar surface area (TPSA) is 41.6 Å². The second-order valence-corrected chi connectivity index (χ2v) is 5.34. The first-order valence-corrected chi connectivity index (χ1v) is 7.35. The number of nitrogens with one attached hydrogen (secondary N) is 1. The Morgan fingerprint density at radius 3 is 2.85 bits per heavy atom. The second-order valence-electron chi connectivity index (χ2n) is 5.34. The summed E-state index contributed by atoms with van der Waals surface area (Å²) in [6.07, 6.45) is 1.00. The predicted molar refractivity (Wildman–Crippen MR) is 80.1 cm³/mol. The fraction of sp³-hybridized carbons (Fsp3) is 0.562. The van der Waals surface area contributed by atoms with Gasteiger partial charge >= 0.3 is 0 Å². The molecule has 0 bridgehead atoms. The Morgan fingerprint density at radius 2 is 2.20 bits per heavy atom. The van der Waals surface area contributed by atoms with E-state index in [-0.39, 0.29) is 5.91 Å². The van der Waals surface area contributed by atoms with Gasteiger partial charge in [0, 0.05) is 19.1 Å². The molecule has 2 atom stereocenters. The van der Waals surface area contributed by atoms with Crippen molar-refractivity contribution in [2.24, 2.45) is 5.92 Å². The van der Waals surface area contributed by atoms with Gasteiger partial charge in [0.15, 0.2) is 0 Å². The van der Waals surface area contributed by atoms with Gasteiger partial charge in [-0.1, -0.05) is 19.1 Å². The molecular formula is C16H24N2O2. The summed E-state index contributed by atoms with van der Waals surface area (Å²) in [5, 5.41) is 3.32. The van der Waals surface area contributed by atoms with E-state index in [1.165, 1.54) is 0 Å². The van der Waals surface area contributed by atoms with Gasteiger partial charge in [0.1, 0.15) is 5.75 Å². The maximum Gasteiger partial charge on any atom is 0.257 e. The van der Waals surface area contributed by atoms with Crippen LogP contribution in [0.25, 0.3) is 0 Å². The molecule has 110 valence electrons. The van der Waals surface area contributed by atoms with Gasteiger partial charge in [-0.3, -0.25) is 4.79 Å². The van der Waals surface area contributed by atoms with Crippen LogP contribution in [0, 0.1) is 5.92 Å². The Balaban J connectivity index is 2.12. The highest BCUT2D eigenvalue weighted by molar-refractivity contribution is 5.97. The first-order chi connectivity index (χ1) is 9.67. The Morgan fingerprint density at radius 1 is 1.45 bits per heavy atom. The highest BCUT2D eigenvalue weighted by atomic mass is 16.5. The molecule has 1 amide bonds. The van der Waals surface area contributed by atoms with Crippen LogP contribution in [0.5, 0.6) is 5.75 Å². The number of likely N-dealkylation sites (tertiary alicyclic amines) is 1. The number of amides is 1. The first kappa shape index (κ1) is 14.9. The summed E-state index contributed by atoms with van der Waals surface area (Å²) in [4.78, 5) is 14.6. The molecule has 2 unspecified atom stereocenters. The Kier molecular flexibility index (Phi) is 5.01. The number of carbonyl (C=O) groups excluding carboxylic acids is 1. The van der Waals surface area contributed by atoms with E-state index >= 15 is 0 Å². The zero-order valence-corrected chi connectivity index (χ0v) is 12.6. The maximum atomic E-state index is 12.7. The molecule has 1 aromatic rings. The van der Waals surface area contributed by atoms with Crippen LogP contribution in [0.1, 0.15) is 30.6 Å². The van der Waals surface area contributed by atoms with Crippen LogP contribution < -0.4 is 10.1 Å². The summed E-state index contributed by atoms with van der Waals surface area (Å²) in [5.41, 5.74) is 0.671. The number of benzene rings is 1. The van der Waals surface area contributed by atoms with E-state index < -0.39 is 0 Å². The summed E-state index contributed by atoms with van der Waals surface area (Å²) >= 11 is 0. The van der Waals surface area contributed by atoms with Crippen molar-refractivity contribution < 1.29 is 9.53 Å². The summed E-state index contributed by atoms with van der Waals surface area (Å²) in [6, 6.07) is 8.00. The molecule has 0 aromatic heterocycles. The number of nitrogens with zero attached hydrogens (tertiary/aromatic N) is 1. The van der Waals surface area contributed by atoms with Crippen LogP contribution >= 0.6 is 0 Å². The SMILES string of the molecule is CCOc1ccccc1C(=O)N1CCC(NC)C(C)C1. The van der Waals surface area contributed by atoms with E-state index in [9.17, 15) is 4.79 Å². The fourth-order valence-corrected chi connectivity index (χ4v) is 2.85. The molecule has 20 heavy (non-hydrogen) atoms. The van der Waals surface area contributed by atoms with E-state index in [4.69, 9.17) is 4.74 Å². The van der Waals surface area contributed by atoms with Gasteiger partial charge in [-0.2, -0.15) is 0 Å². The van der Waals surface area contributed by atoms with Gasteiger partial charge in [-0.25, -0.2) is 0 Å². The van der Waals surface area contributed by atoms with Gasteiger partial charge < -0.3 is 15.0 Å². The number of carbonyl (C=O) groups is 1. The van der Waals surface area contributed by atoms with E-state index in [1.807, 2.05) is 43.1 Å². The fourth-order valence-electron chi connectivity index (χ4n) is 2.85. The predicted octanol–water partition coefficient (Wildman–Crippen LogP) is 2.16. The van der Waals surface area contributed by atoms with E-state index in [1.54, 1.807) is 0 Å². The minimum atomic E-state index is 0.0791. The largest absolute Gasteiger partial charge is 0.493 e. The number of rotatable bonds is 4. The normalized spacial score (nSPS) is 22.6. The van der Waals surface area contributed by atoms with Crippen LogP contribution in [0.3, 0.4) is 0 Å². The van der Waals surface area contributed by atoms with E-state index in [0.29, 0.717) is 29.9 Å². The number of piperidine rings is 1. The Labute approximate surface area is 121 Å². The monoisotopic (exact) mass is 276 g/mol. The quantitative estimate of drug-likeness (QED) is 0.916. The summed E-state index contributed by atoms with van der Waals surface area (Å²) < 4.78 is 5.56. The molecule has 0 spiro atoms. The highest BCUT2D eigenvalue weighted by Gasteiger charge is 2.29. The van der Waals surface area contributed by atoms with Crippen molar-refractivity contribution in [2.45, 2.75) is 26.3 Å². The third-order valence-electron chi connectivity index (χ3n) is 3.98. The van der Waals surface area contributed by atoms with Gasteiger partial charge in [0.05, 0.1) is 12.2 Å². The lowest BCUT2D eigenvalue weighted by molar-refractivity contribution is 0.0645. The first-order valence-electron chi connectivity index (χ1n) is 7.35. The molecular weight excluding hydrogens is 252 g/mol. The Bertz CT molecular complexity index is 462. The van der Waals surface area contributed by atoms with Crippen molar-refractivity contribution in [1.29, 1.82) is 0 Å². The van der Waals surface area contributed by atoms with E-state index in [0.717, 1.165) is 19.5 Å². The molecule has 0 aliphatic carbocycles. The van der Waals surface area contributed by atoms with Crippen LogP contribution in [0.15, 0.2) is 24.3 Å². The number of para-hydroxylation sites is 1. The highest BCUT2D eigenvalue weighted by Crippen LogP contribution is 2.23. The third kappa shape index (κ3) is 3.12. The van der Waals surface area contributed by atoms with Crippen LogP contribution in [-0.4, -0.2) is 43.6 Å². The molecule has 2 rings (SSSR count). The number of hydrogen-bond donors (Lipinski definition) is 1. The molecule has 4 nitrogen and oxygen atoms in total. The van der Waals surface area contributed by atoms with Crippen LogP contribution in [-0.2, 0) is 0 Å². The van der Waals surface area contributed by atoms with Crippen molar-refractivity contribution in [1.82, 2.24) is 10.2 Å². The van der Waals surface area contributed by atoms with Crippen molar-refractivity contribution in [3.8, 4) is 5.75 Å². The molecule has 1 fully saturated rings. The molecule has 1 N–H and O–H groups in total. The second kappa shape index (κ2) is 6.75. The molecule has 1 aliphatic rings. The Hall–Kier alpha value is -1.55. The van der Waals surface area contributed by atoms with E-state index in [2.05, 4.69) is 12.2 Å². The van der Waals surface area contributed by atoms with Gasteiger partial charge in [-0.05, 0) is 38.4 Å². The van der Waals surface area contributed by atoms with Gasteiger partial charge in [-0.15, -0.1) is 0 Å². The standard InChI is InChI=1S/C16H24N2O2/c1-4-20-15-8-6-5-7-13(15)16(19)18-10-9-14(17-3)12(2)11-18/h5-8,12,14,17H,4,9-11H2,1-3H3. The van der Waals surface area contributed by atoms with Crippen molar-refractivity contribution in [3.63, 3.8) is 0 Å². The van der Waals surface area contributed by atoms with Crippen molar-refractivity contribution in [2.75, 3.05) is 26.7 Å². The lowest BCUT2D eigenvalue weighted by Gasteiger charge is -2.37. The third-order valence-corrected chi connectivity index (χ3v) is 3.98. The maximum absolute atomic E-state index is 12.7. The smallest absolute Gasteiger partial charge is 0.257 e. The molecule has 1 saturated heterocycles. The number of ether oxygens (including phenoxy) is 1. The summed E-state index contributed by atoms with van der Waals surface area (Å²) in [5.74, 6) is 1.23. The van der Waals surface area contributed by atoms with Crippen LogP contribution in [0.2, 0.25) is 0 Å². The molecule has 1 aromatic carbocycles. The van der Waals surface area contributed by atoms with Gasteiger partial charge in [0.25, 0.3) is 5.91 Å². The minimum Gasteiger partial charge on any atom is -0.493 e. The molecule has 4 heteroatoms. The average molecular weight is 276 g/mol. The zero-order chi connectivity index (χ0) is 14.5. The molecule has 0 radical (unpaired) electrons. The molecule has 0 saturated carbocycles. The molecule has 1 aliphatic heterocycles. The van der Waals surface area contributed by atoms with Crippen LogP contribution in [0.4, 0.5) is 0 Å². The summed E-state index contributed by atoms with van der Waals surface area (Å²) in [6.45, 7) is 6.29. The lowest BCUT2D eigenvalue weighted by Crippen LogP contribution is -2.49. The number of hydrogen-bond acceptors (Lipinski definition) is 3. The lowest BCUT2D eigenvalue weighted by atomic mass is 9.93. The van der Waals surface area contributed by atoms with Crippen molar-refractivity contribution >= 4 is 5.91 Å².